The monoisotopic (exact) mass is 368 g/mol. The Hall–Kier alpha value is -3.06. The molecule has 7 heteroatoms. The normalized spacial score (nSPS) is 11.8. The van der Waals surface area contributed by atoms with Crippen LogP contribution in [0, 0.1) is 0 Å². The van der Waals surface area contributed by atoms with Crippen molar-refractivity contribution in [1.82, 2.24) is 10.6 Å². The van der Waals surface area contributed by atoms with Crippen LogP contribution in [-0.2, 0) is 17.9 Å². The molecule has 0 saturated carbocycles. The number of carbonyl (C=O) groups excluding carboxylic acids is 2. The Balaban J connectivity index is 1.37. The maximum Gasteiger partial charge on any atom is 0.261 e. The number of amides is 2. The van der Waals surface area contributed by atoms with Gasteiger partial charge in [-0.2, -0.15) is 0 Å². The molecule has 0 aliphatic carbocycles. The molecule has 1 aliphatic rings. The van der Waals surface area contributed by atoms with Crippen molar-refractivity contribution >= 4 is 23.2 Å². The number of hydrogen-bond donors (Lipinski definition) is 2. The van der Waals surface area contributed by atoms with E-state index in [1.807, 2.05) is 30.3 Å². The second kappa shape index (κ2) is 7.05. The summed E-state index contributed by atoms with van der Waals surface area (Å²) in [5, 5.41) is 5.34. The average Bonchev–Trinajstić information content (AvgIpc) is 3.33. The predicted molar refractivity (Wildman–Crippen MR) is 97.0 cm³/mol. The van der Waals surface area contributed by atoms with Crippen molar-refractivity contribution in [2.45, 2.75) is 13.2 Å². The summed E-state index contributed by atoms with van der Waals surface area (Å²) in [4.78, 5) is 25.8. The molecule has 6 nitrogen and oxygen atoms in total. The summed E-state index contributed by atoms with van der Waals surface area (Å²) >= 11 is 1.41. The zero-order valence-electron chi connectivity index (χ0n) is 13.8. The van der Waals surface area contributed by atoms with E-state index in [1.54, 1.807) is 18.4 Å². The molecule has 0 saturated heterocycles. The molecule has 132 valence electrons. The first-order chi connectivity index (χ1) is 12.7. The molecule has 2 N–H and O–H groups in total. The van der Waals surface area contributed by atoms with Crippen LogP contribution in [0.15, 0.2) is 53.1 Å². The number of nitrogens with one attached hydrogen (secondary N) is 2. The third-order valence-corrected chi connectivity index (χ3v) is 5.21. The standard InChI is InChI=1S/C19H16N2O4S/c22-17(20-9-13-4-3-7-24-13)10-21-19(23)16-8-12-11-25-15-6-2-1-5-14(15)18(12)26-16/h1-8H,9-11H2,(H,20,22)(H,21,23). The minimum absolute atomic E-state index is 0.0881. The van der Waals surface area contributed by atoms with Crippen molar-refractivity contribution in [3.05, 3.63) is 64.9 Å². The Labute approximate surface area is 153 Å². The van der Waals surface area contributed by atoms with Gasteiger partial charge in [0, 0.05) is 16.0 Å². The van der Waals surface area contributed by atoms with E-state index in [0.29, 0.717) is 23.8 Å². The van der Waals surface area contributed by atoms with Gasteiger partial charge in [-0.15, -0.1) is 11.3 Å². The van der Waals surface area contributed by atoms with Crippen molar-refractivity contribution in [3.8, 4) is 16.2 Å². The van der Waals surface area contributed by atoms with E-state index in [0.717, 1.165) is 21.8 Å². The second-order valence-corrected chi connectivity index (χ2v) is 6.84. The number of benzene rings is 1. The van der Waals surface area contributed by atoms with E-state index in [-0.39, 0.29) is 18.4 Å². The van der Waals surface area contributed by atoms with Crippen LogP contribution in [0.25, 0.3) is 10.4 Å². The largest absolute Gasteiger partial charge is 0.488 e. The summed E-state index contributed by atoms with van der Waals surface area (Å²) in [6, 6.07) is 13.1. The highest BCUT2D eigenvalue weighted by Crippen LogP contribution is 2.42. The lowest BCUT2D eigenvalue weighted by molar-refractivity contribution is -0.120. The lowest BCUT2D eigenvalue weighted by Gasteiger charge is -2.16. The molecule has 4 rings (SSSR count). The summed E-state index contributed by atoms with van der Waals surface area (Å²) in [5.41, 5.74) is 1.98. The van der Waals surface area contributed by atoms with E-state index < -0.39 is 0 Å². The fourth-order valence-corrected chi connectivity index (χ4v) is 3.83. The quantitative estimate of drug-likeness (QED) is 0.726. The highest BCUT2D eigenvalue weighted by molar-refractivity contribution is 7.17. The lowest BCUT2D eigenvalue weighted by atomic mass is 10.1. The van der Waals surface area contributed by atoms with Gasteiger partial charge in [0.15, 0.2) is 0 Å². The van der Waals surface area contributed by atoms with Gasteiger partial charge in [-0.1, -0.05) is 12.1 Å². The summed E-state index contributed by atoms with van der Waals surface area (Å²) in [6.07, 6.45) is 1.55. The minimum Gasteiger partial charge on any atom is -0.488 e. The third kappa shape index (κ3) is 3.34. The molecular weight excluding hydrogens is 352 g/mol. The first kappa shape index (κ1) is 16.4. The fourth-order valence-electron chi connectivity index (χ4n) is 2.72. The first-order valence-electron chi connectivity index (χ1n) is 8.13. The molecule has 1 aromatic carbocycles. The van der Waals surface area contributed by atoms with Crippen LogP contribution in [0.2, 0.25) is 0 Å². The molecule has 3 aromatic rings. The number of furan rings is 1. The zero-order chi connectivity index (χ0) is 17.9. The van der Waals surface area contributed by atoms with E-state index in [2.05, 4.69) is 10.6 Å². The van der Waals surface area contributed by atoms with E-state index in [9.17, 15) is 9.59 Å². The van der Waals surface area contributed by atoms with Crippen LogP contribution < -0.4 is 15.4 Å². The third-order valence-electron chi connectivity index (χ3n) is 4.00. The number of thiophene rings is 1. The molecule has 0 radical (unpaired) electrons. The Kier molecular flexibility index (Phi) is 4.45. The minimum atomic E-state index is -0.273. The van der Waals surface area contributed by atoms with Gasteiger partial charge in [0.25, 0.3) is 5.91 Å². The van der Waals surface area contributed by atoms with Gasteiger partial charge < -0.3 is 19.8 Å². The smallest absolute Gasteiger partial charge is 0.261 e. The van der Waals surface area contributed by atoms with Gasteiger partial charge >= 0.3 is 0 Å². The van der Waals surface area contributed by atoms with Gasteiger partial charge in [0.1, 0.15) is 18.1 Å². The van der Waals surface area contributed by atoms with Crippen molar-refractivity contribution in [1.29, 1.82) is 0 Å². The van der Waals surface area contributed by atoms with Crippen molar-refractivity contribution in [3.63, 3.8) is 0 Å². The van der Waals surface area contributed by atoms with Crippen molar-refractivity contribution in [2.24, 2.45) is 0 Å². The molecule has 26 heavy (non-hydrogen) atoms. The number of rotatable bonds is 5. The van der Waals surface area contributed by atoms with Crippen LogP contribution in [0.1, 0.15) is 21.0 Å². The van der Waals surface area contributed by atoms with Crippen molar-refractivity contribution < 1.29 is 18.7 Å². The van der Waals surface area contributed by atoms with Crippen LogP contribution in [0.4, 0.5) is 0 Å². The maximum atomic E-state index is 12.4. The van der Waals surface area contributed by atoms with Crippen molar-refractivity contribution in [2.75, 3.05) is 6.54 Å². The molecular formula is C19H16N2O4S. The lowest BCUT2D eigenvalue weighted by Crippen LogP contribution is -2.36. The SMILES string of the molecule is O=C(CNC(=O)c1cc2c(s1)-c1ccccc1OC2)NCc1ccco1. The van der Waals surface area contributed by atoms with Crippen LogP contribution in [-0.4, -0.2) is 18.4 Å². The summed E-state index contributed by atoms with van der Waals surface area (Å²) in [6.45, 7) is 0.651. The molecule has 0 fully saturated rings. The van der Waals surface area contributed by atoms with E-state index in [1.165, 1.54) is 11.3 Å². The summed E-state index contributed by atoms with van der Waals surface area (Å²) < 4.78 is 10.9. The molecule has 1 aliphatic heterocycles. The number of carbonyl (C=O) groups is 2. The number of para-hydroxylation sites is 1. The Morgan fingerprint density at radius 1 is 1.12 bits per heavy atom. The van der Waals surface area contributed by atoms with E-state index >= 15 is 0 Å². The maximum absolute atomic E-state index is 12.4. The Bertz CT molecular complexity index is 946. The molecule has 3 heterocycles. The van der Waals surface area contributed by atoms with Gasteiger partial charge in [0.2, 0.25) is 5.91 Å². The topological polar surface area (TPSA) is 80.6 Å². The molecule has 0 spiro atoms. The zero-order valence-corrected chi connectivity index (χ0v) is 14.6. The molecule has 0 unspecified atom stereocenters. The van der Waals surface area contributed by atoms with Gasteiger partial charge in [0.05, 0.1) is 24.2 Å². The Morgan fingerprint density at radius 3 is 2.85 bits per heavy atom. The molecule has 0 atom stereocenters. The molecule has 2 aromatic heterocycles. The number of ether oxygens (including phenoxy) is 1. The van der Waals surface area contributed by atoms with Gasteiger partial charge in [-0.3, -0.25) is 9.59 Å². The number of hydrogen-bond acceptors (Lipinski definition) is 5. The molecule has 0 bridgehead atoms. The molecule has 2 amide bonds. The second-order valence-electron chi connectivity index (χ2n) is 5.79. The highest BCUT2D eigenvalue weighted by atomic mass is 32.1. The number of fused-ring (bicyclic) bond motifs is 3. The first-order valence-corrected chi connectivity index (χ1v) is 8.94. The summed E-state index contributed by atoms with van der Waals surface area (Å²) in [5.74, 6) is 0.945. The van der Waals surface area contributed by atoms with Gasteiger partial charge in [-0.25, -0.2) is 0 Å². The Morgan fingerprint density at radius 2 is 2.00 bits per heavy atom. The predicted octanol–water partition coefficient (Wildman–Crippen LogP) is 2.95. The van der Waals surface area contributed by atoms with Crippen LogP contribution in [0.3, 0.4) is 0 Å². The van der Waals surface area contributed by atoms with Crippen LogP contribution >= 0.6 is 11.3 Å². The fraction of sp³-hybridized carbons (Fsp3) is 0.158. The average molecular weight is 368 g/mol. The van der Waals surface area contributed by atoms with Crippen LogP contribution in [0.5, 0.6) is 5.75 Å². The highest BCUT2D eigenvalue weighted by Gasteiger charge is 2.22. The summed E-state index contributed by atoms with van der Waals surface area (Å²) in [7, 11) is 0. The van der Waals surface area contributed by atoms with Gasteiger partial charge in [-0.05, 0) is 30.3 Å². The van der Waals surface area contributed by atoms with E-state index in [4.69, 9.17) is 9.15 Å².